The molecule has 1 fully saturated rings. The van der Waals surface area contributed by atoms with Crippen molar-refractivity contribution in [2.45, 2.75) is 25.9 Å². The molecule has 0 aliphatic carbocycles. The molecule has 0 radical (unpaired) electrons. The summed E-state index contributed by atoms with van der Waals surface area (Å²) in [6.45, 7) is 3.89. The van der Waals surface area contributed by atoms with E-state index in [0.29, 0.717) is 5.69 Å². The monoisotopic (exact) mass is 320 g/mol. The van der Waals surface area contributed by atoms with Gasteiger partial charge in [-0.15, -0.1) is 0 Å². The molecule has 0 spiro atoms. The molecule has 2 heterocycles. The normalized spacial score (nSPS) is 22.4. The quantitative estimate of drug-likeness (QED) is 0.799. The Bertz CT molecular complexity index is 842. The molecule has 2 aromatic carbocycles. The Hall–Kier alpha value is -3.02. The van der Waals surface area contributed by atoms with E-state index in [1.54, 1.807) is 0 Å². The van der Waals surface area contributed by atoms with Gasteiger partial charge in [0.1, 0.15) is 0 Å². The van der Waals surface area contributed by atoms with Crippen molar-refractivity contribution in [3.05, 3.63) is 59.7 Å². The number of benzene rings is 2. The fourth-order valence-electron chi connectivity index (χ4n) is 3.29. The maximum absolute atomic E-state index is 12.9. The van der Waals surface area contributed by atoms with Crippen molar-refractivity contribution in [2.24, 2.45) is 10.3 Å². The van der Waals surface area contributed by atoms with Crippen LogP contribution in [0, 0.1) is 13.8 Å². The lowest BCUT2D eigenvalue weighted by Gasteiger charge is -2.21. The largest absolute Gasteiger partial charge is 0.271 e. The lowest BCUT2D eigenvalue weighted by atomic mass is 10.1. The zero-order valence-electron chi connectivity index (χ0n) is 13.4. The summed E-state index contributed by atoms with van der Waals surface area (Å²) in [7, 11) is 0. The van der Waals surface area contributed by atoms with Crippen LogP contribution in [0.3, 0.4) is 0 Å². The molecule has 120 valence electrons. The summed E-state index contributed by atoms with van der Waals surface area (Å²) in [5.41, 5.74) is 3.35. The van der Waals surface area contributed by atoms with E-state index in [-0.39, 0.29) is 11.8 Å². The molecule has 6 heteroatoms. The van der Waals surface area contributed by atoms with Gasteiger partial charge in [-0.3, -0.25) is 9.59 Å². The van der Waals surface area contributed by atoms with E-state index in [0.717, 1.165) is 16.8 Å². The van der Waals surface area contributed by atoms with Crippen LogP contribution in [-0.2, 0) is 9.59 Å². The van der Waals surface area contributed by atoms with Crippen LogP contribution in [-0.4, -0.2) is 23.9 Å². The first-order valence-electron chi connectivity index (χ1n) is 7.77. The van der Waals surface area contributed by atoms with E-state index in [2.05, 4.69) is 10.3 Å². The number of aryl methyl sites for hydroxylation is 2. The number of anilines is 2. The number of imide groups is 1. The van der Waals surface area contributed by atoms with Crippen LogP contribution in [0.1, 0.15) is 11.1 Å². The lowest BCUT2D eigenvalue weighted by Crippen LogP contribution is -2.39. The van der Waals surface area contributed by atoms with E-state index in [1.807, 2.05) is 62.4 Å². The van der Waals surface area contributed by atoms with Gasteiger partial charge < -0.3 is 0 Å². The highest BCUT2D eigenvalue weighted by atomic mass is 16.2. The highest BCUT2D eigenvalue weighted by molar-refractivity contribution is 6.26. The molecule has 1 saturated heterocycles. The first-order chi connectivity index (χ1) is 11.6. The number of amides is 2. The molecule has 0 aromatic heterocycles. The molecule has 4 rings (SSSR count). The summed E-state index contributed by atoms with van der Waals surface area (Å²) >= 11 is 0. The van der Waals surface area contributed by atoms with Gasteiger partial charge in [0.2, 0.25) is 0 Å². The molecule has 2 aromatic rings. The molecular formula is C18H16N4O2. The smallest absolute Gasteiger partial charge is 0.263 e. The van der Waals surface area contributed by atoms with Crippen LogP contribution in [0.15, 0.2) is 58.9 Å². The van der Waals surface area contributed by atoms with Gasteiger partial charge in [-0.1, -0.05) is 29.5 Å². The second kappa shape index (κ2) is 5.26. The highest BCUT2D eigenvalue weighted by Crippen LogP contribution is 2.35. The second-order valence-electron chi connectivity index (χ2n) is 6.13. The Morgan fingerprint density at radius 2 is 1.54 bits per heavy atom. The average Bonchev–Trinajstić information content (AvgIpc) is 3.08. The van der Waals surface area contributed by atoms with Crippen LogP contribution < -0.4 is 9.91 Å². The summed E-state index contributed by atoms with van der Waals surface area (Å²) in [6, 6.07) is 13.5. The number of carbonyl (C=O) groups excluding carboxylic acids is 2. The van der Waals surface area contributed by atoms with E-state index >= 15 is 0 Å². The molecule has 0 N–H and O–H groups in total. The van der Waals surface area contributed by atoms with E-state index in [9.17, 15) is 9.59 Å². The molecule has 2 aliphatic rings. The summed E-state index contributed by atoms with van der Waals surface area (Å²) < 4.78 is 0. The van der Waals surface area contributed by atoms with Gasteiger partial charge in [0.15, 0.2) is 12.1 Å². The number of nitrogens with zero attached hydrogens (tertiary/aromatic N) is 4. The van der Waals surface area contributed by atoms with Crippen LogP contribution in [0.4, 0.5) is 11.4 Å². The number of carbonyl (C=O) groups is 2. The predicted molar refractivity (Wildman–Crippen MR) is 89.8 cm³/mol. The minimum Gasteiger partial charge on any atom is -0.271 e. The SMILES string of the molecule is Cc1cc(C)cc(N2C(=O)[C@H]3N=NN(c4ccccc4)[C@H]3C2=O)c1. The fraction of sp³-hybridized carbons (Fsp3) is 0.222. The standard InChI is InChI=1S/C18H16N4O2/c1-11-8-12(2)10-14(9-11)21-17(23)15-16(18(21)24)22(20-19-15)13-6-4-3-5-7-13/h3-10,15-16H,1-2H3/t15-,16+/m0/s1. The zero-order valence-corrected chi connectivity index (χ0v) is 13.4. The minimum absolute atomic E-state index is 0.288. The first kappa shape index (κ1) is 14.6. The first-order valence-corrected chi connectivity index (χ1v) is 7.77. The Balaban J connectivity index is 1.73. The van der Waals surface area contributed by atoms with Crippen LogP contribution in [0.25, 0.3) is 0 Å². The molecule has 2 aliphatic heterocycles. The predicted octanol–water partition coefficient (Wildman–Crippen LogP) is 2.80. The number of para-hydroxylation sites is 1. The van der Waals surface area contributed by atoms with Crippen LogP contribution >= 0.6 is 0 Å². The summed E-state index contributed by atoms with van der Waals surface area (Å²) in [5, 5.41) is 9.63. The Labute approximate surface area is 139 Å². The van der Waals surface area contributed by atoms with Gasteiger partial charge in [-0.05, 0) is 49.2 Å². The van der Waals surface area contributed by atoms with Crippen molar-refractivity contribution in [1.29, 1.82) is 0 Å². The van der Waals surface area contributed by atoms with Crippen molar-refractivity contribution in [3.8, 4) is 0 Å². The molecule has 0 saturated carbocycles. The average molecular weight is 320 g/mol. The summed E-state index contributed by atoms with van der Waals surface area (Å²) in [6.07, 6.45) is 0. The van der Waals surface area contributed by atoms with Gasteiger partial charge in [-0.2, -0.15) is 5.11 Å². The Morgan fingerprint density at radius 1 is 0.875 bits per heavy atom. The van der Waals surface area contributed by atoms with E-state index in [4.69, 9.17) is 0 Å². The number of hydrogen-bond acceptors (Lipinski definition) is 5. The molecule has 6 nitrogen and oxygen atoms in total. The third-order valence-corrected chi connectivity index (χ3v) is 4.27. The maximum atomic E-state index is 12.9. The Morgan fingerprint density at radius 3 is 2.21 bits per heavy atom. The van der Waals surface area contributed by atoms with Gasteiger partial charge >= 0.3 is 0 Å². The van der Waals surface area contributed by atoms with Crippen LogP contribution in [0.2, 0.25) is 0 Å². The number of rotatable bonds is 2. The van der Waals surface area contributed by atoms with E-state index < -0.39 is 12.1 Å². The van der Waals surface area contributed by atoms with Gasteiger partial charge in [-0.25, -0.2) is 9.91 Å². The van der Waals surface area contributed by atoms with Crippen LogP contribution in [0.5, 0.6) is 0 Å². The summed E-state index contributed by atoms with van der Waals surface area (Å²) in [4.78, 5) is 26.9. The minimum atomic E-state index is -0.779. The molecule has 24 heavy (non-hydrogen) atoms. The summed E-state index contributed by atoms with van der Waals surface area (Å²) in [5.74, 6) is -0.610. The topological polar surface area (TPSA) is 65.3 Å². The van der Waals surface area contributed by atoms with Gasteiger partial charge in [0.25, 0.3) is 11.8 Å². The Kier molecular flexibility index (Phi) is 3.19. The van der Waals surface area contributed by atoms with Gasteiger partial charge in [0, 0.05) is 0 Å². The third-order valence-electron chi connectivity index (χ3n) is 4.27. The maximum Gasteiger partial charge on any atom is 0.263 e. The molecule has 2 atom stereocenters. The highest BCUT2D eigenvalue weighted by Gasteiger charge is 2.55. The van der Waals surface area contributed by atoms with Gasteiger partial charge in [0.05, 0.1) is 11.4 Å². The lowest BCUT2D eigenvalue weighted by molar-refractivity contribution is -0.121. The fourth-order valence-corrected chi connectivity index (χ4v) is 3.29. The molecule has 0 unspecified atom stereocenters. The van der Waals surface area contributed by atoms with E-state index in [1.165, 1.54) is 9.91 Å². The molecule has 0 bridgehead atoms. The third kappa shape index (κ3) is 2.11. The number of fused-ring (bicyclic) bond motifs is 1. The second-order valence-corrected chi connectivity index (χ2v) is 6.13. The molecule has 2 amide bonds. The van der Waals surface area contributed by atoms with Crippen molar-refractivity contribution < 1.29 is 9.59 Å². The van der Waals surface area contributed by atoms with Crippen molar-refractivity contribution in [2.75, 3.05) is 9.91 Å². The van der Waals surface area contributed by atoms with Crippen molar-refractivity contribution in [3.63, 3.8) is 0 Å². The number of hydrogen-bond donors (Lipinski definition) is 0. The van der Waals surface area contributed by atoms with Crippen molar-refractivity contribution >= 4 is 23.2 Å². The van der Waals surface area contributed by atoms with Crippen molar-refractivity contribution in [1.82, 2.24) is 0 Å². The molecular weight excluding hydrogens is 304 g/mol. The zero-order chi connectivity index (χ0) is 16.8.